The minimum absolute atomic E-state index is 0.476. The Hall–Kier alpha value is -2.90. The van der Waals surface area contributed by atoms with Crippen LogP contribution in [-0.2, 0) is 0 Å². The van der Waals surface area contributed by atoms with Crippen LogP contribution in [0.15, 0.2) is 29.4 Å². The largest absolute Gasteiger partial charge is 0.493 e. The summed E-state index contributed by atoms with van der Waals surface area (Å²) in [5.41, 5.74) is 3.90. The number of hydrogen-bond acceptors (Lipinski definition) is 8. The molecule has 0 radical (unpaired) electrons. The summed E-state index contributed by atoms with van der Waals surface area (Å²) in [7, 11) is 0. The predicted octanol–water partition coefficient (Wildman–Crippen LogP) is 2.92. The van der Waals surface area contributed by atoms with E-state index in [1.807, 2.05) is 31.2 Å². The summed E-state index contributed by atoms with van der Waals surface area (Å²) in [6.45, 7) is 6.56. The van der Waals surface area contributed by atoms with Gasteiger partial charge in [-0.05, 0) is 44.7 Å². The normalized spacial score (nSPS) is 16.9. The maximum atomic E-state index is 5.64. The number of benzene rings is 1. The van der Waals surface area contributed by atoms with Crippen molar-refractivity contribution < 1.29 is 4.74 Å². The van der Waals surface area contributed by atoms with E-state index in [0.29, 0.717) is 12.6 Å². The van der Waals surface area contributed by atoms with Gasteiger partial charge in [0.05, 0.1) is 12.8 Å². The second kappa shape index (κ2) is 8.86. The molecule has 0 atom stereocenters. The molecule has 1 aromatic heterocycles. The highest BCUT2D eigenvalue weighted by atomic mass is 16.5. The molecule has 2 aliphatic rings. The van der Waals surface area contributed by atoms with Gasteiger partial charge in [-0.1, -0.05) is 12.1 Å². The maximum Gasteiger partial charge on any atom is 0.250 e. The zero-order valence-electron chi connectivity index (χ0n) is 16.3. The van der Waals surface area contributed by atoms with Crippen molar-refractivity contribution in [1.29, 1.82) is 0 Å². The van der Waals surface area contributed by atoms with E-state index in [1.54, 1.807) is 6.21 Å². The first-order chi connectivity index (χ1) is 13.8. The van der Waals surface area contributed by atoms with Crippen LogP contribution in [0.1, 0.15) is 38.2 Å². The summed E-state index contributed by atoms with van der Waals surface area (Å²) in [6.07, 6.45) is 6.46. The van der Waals surface area contributed by atoms with Crippen molar-refractivity contribution in [2.24, 2.45) is 5.10 Å². The third kappa shape index (κ3) is 4.32. The van der Waals surface area contributed by atoms with E-state index >= 15 is 0 Å². The summed E-state index contributed by atoms with van der Waals surface area (Å²) in [4.78, 5) is 18.4. The van der Waals surface area contributed by atoms with Gasteiger partial charge in [0.15, 0.2) is 0 Å². The Morgan fingerprint density at radius 2 is 1.57 bits per heavy atom. The molecule has 8 heteroatoms. The number of para-hydroxylation sites is 1. The van der Waals surface area contributed by atoms with Crippen LogP contribution in [0.4, 0.5) is 17.8 Å². The Kier molecular flexibility index (Phi) is 5.84. The number of hydrazone groups is 1. The molecule has 0 bridgehead atoms. The van der Waals surface area contributed by atoms with Crippen LogP contribution >= 0.6 is 0 Å². The van der Waals surface area contributed by atoms with Crippen molar-refractivity contribution in [3.05, 3.63) is 29.8 Å². The number of rotatable bonds is 7. The second-order valence-corrected chi connectivity index (χ2v) is 6.99. The zero-order chi connectivity index (χ0) is 19.2. The molecule has 2 aromatic rings. The monoisotopic (exact) mass is 381 g/mol. The van der Waals surface area contributed by atoms with Gasteiger partial charge in [-0.2, -0.15) is 20.1 Å². The van der Waals surface area contributed by atoms with Gasteiger partial charge >= 0.3 is 0 Å². The Morgan fingerprint density at radius 3 is 2.18 bits per heavy atom. The fourth-order valence-electron chi connectivity index (χ4n) is 3.55. The third-order valence-electron chi connectivity index (χ3n) is 4.98. The van der Waals surface area contributed by atoms with Gasteiger partial charge < -0.3 is 14.5 Å². The van der Waals surface area contributed by atoms with E-state index in [9.17, 15) is 0 Å². The van der Waals surface area contributed by atoms with Crippen LogP contribution in [0, 0.1) is 0 Å². The average Bonchev–Trinajstić information content (AvgIpc) is 3.44. The first-order valence-electron chi connectivity index (χ1n) is 10.1. The van der Waals surface area contributed by atoms with Gasteiger partial charge in [0.2, 0.25) is 17.8 Å². The lowest BCUT2D eigenvalue weighted by atomic mass is 10.2. The van der Waals surface area contributed by atoms with E-state index in [4.69, 9.17) is 9.72 Å². The van der Waals surface area contributed by atoms with E-state index in [1.165, 1.54) is 25.7 Å². The minimum Gasteiger partial charge on any atom is -0.493 e. The molecule has 28 heavy (non-hydrogen) atoms. The summed E-state index contributed by atoms with van der Waals surface area (Å²) in [5.74, 6) is 2.76. The molecule has 0 saturated carbocycles. The van der Waals surface area contributed by atoms with Crippen molar-refractivity contribution in [2.45, 2.75) is 32.6 Å². The van der Waals surface area contributed by atoms with Crippen molar-refractivity contribution in [3.8, 4) is 5.75 Å². The highest BCUT2D eigenvalue weighted by Crippen LogP contribution is 2.23. The molecule has 2 fully saturated rings. The van der Waals surface area contributed by atoms with E-state index < -0.39 is 0 Å². The number of aromatic nitrogens is 3. The highest BCUT2D eigenvalue weighted by Gasteiger charge is 2.21. The lowest BCUT2D eigenvalue weighted by Gasteiger charge is -2.20. The average molecular weight is 381 g/mol. The van der Waals surface area contributed by atoms with Crippen LogP contribution < -0.4 is 20.0 Å². The van der Waals surface area contributed by atoms with Gasteiger partial charge in [0.1, 0.15) is 5.75 Å². The Labute approximate surface area is 165 Å². The molecule has 148 valence electrons. The molecule has 0 unspecified atom stereocenters. The molecule has 3 heterocycles. The maximum absolute atomic E-state index is 5.64. The number of hydrogen-bond donors (Lipinski definition) is 1. The molecular weight excluding hydrogens is 354 g/mol. The van der Waals surface area contributed by atoms with E-state index in [2.05, 4.69) is 30.3 Å². The molecule has 2 saturated heterocycles. The van der Waals surface area contributed by atoms with Crippen LogP contribution in [0.5, 0.6) is 5.75 Å². The van der Waals surface area contributed by atoms with Gasteiger partial charge in [-0.3, -0.25) is 0 Å². The molecule has 0 amide bonds. The second-order valence-electron chi connectivity index (χ2n) is 6.99. The van der Waals surface area contributed by atoms with Crippen molar-refractivity contribution >= 4 is 24.1 Å². The first-order valence-corrected chi connectivity index (χ1v) is 10.1. The summed E-state index contributed by atoms with van der Waals surface area (Å²) in [6, 6.07) is 7.82. The van der Waals surface area contributed by atoms with Crippen LogP contribution in [0.2, 0.25) is 0 Å². The molecular formula is C20H27N7O. The lowest BCUT2D eigenvalue weighted by Crippen LogP contribution is -2.25. The molecule has 4 rings (SSSR count). The molecule has 2 aliphatic heterocycles. The van der Waals surface area contributed by atoms with Gasteiger partial charge in [-0.25, -0.2) is 5.43 Å². The third-order valence-corrected chi connectivity index (χ3v) is 4.98. The van der Waals surface area contributed by atoms with Crippen molar-refractivity contribution in [3.63, 3.8) is 0 Å². The summed E-state index contributed by atoms with van der Waals surface area (Å²) >= 11 is 0. The Balaban J connectivity index is 1.54. The zero-order valence-corrected chi connectivity index (χ0v) is 16.3. The van der Waals surface area contributed by atoms with E-state index in [-0.39, 0.29) is 0 Å². The van der Waals surface area contributed by atoms with Gasteiger partial charge in [-0.15, -0.1) is 0 Å². The molecule has 1 aromatic carbocycles. The summed E-state index contributed by atoms with van der Waals surface area (Å²) in [5, 5.41) is 4.35. The fourth-order valence-corrected chi connectivity index (χ4v) is 3.55. The van der Waals surface area contributed by atoms with Crippen LogP contribution in [0.25, 0.3) is 0 Å². The fraction of sp³-hybridized carbons (Fsp3) is 0.500. The molecule has 0 aliphatic carbocycles. The van der Waals surface area contributed by atoms with Crippen molar-refractivity contribution in [2.75, 3.05) is 48.0 Å². The molecule has 0 spiro atoms. The standard InChI is InChI=1S/C20H27N7O/c1-2-28-17-10-4-3-9-16(17)15-21-25-18-22-19(26-11-5-6-12-26)24-20(23-18)27-13-7-8-14-27/h3-4,9-10,15H,2,5-8,11-14H2,1H3,(H,22,23,24,25)/b21-15+. The van der Waals surface area contributed by atoms with Crippen molar-refractivity contribution in [1.82, 2.24) is 15.0 Å². The van der Waals surface area contributed by atoms with Gasteiger partial charge in [0.25, 0.3) is 0 Å². The van der Waals surface area contributed by atoms with Crippen LogP contribution in [-0.4, -0.2) is 54.0 Å². The van der Waals surface area contributed by atoms with E-state index in [0.717, 1.165) is 49.4 Å². The predicted molar refractivity (Wildman–Crippen MR) is 112 cm³/mol. The number of anilines is 3. The van der Waals surface area contributed by atoms with Crippen LogP contribution in [0.3, 0.4) is 0 Å². The number of ether oxygens (including phenoxy) is 1. The smallest absolute Gasteiger partial charge is 0.250 e. The number of nitrogens with zero attached hydrogens (tertiary/aromatic N) is 6. The topological polar surface area (TPSA) is 78.8 Å². The minimum atomic E-state index is 0.476. The first kappa shape index (κ1) is 18.5. The number of nitrogens with one attached hydrogen (secondary N) is 1. The summed E-state index contributed by atoms with van der Waals surface area (Å²) < 4.78 is 5.64. The Bertz CT molecular complexity index is 780. The SMILES string of the molecule is CCOc1ccccc1/C=N/Nc1nc(N2CCCC2)nc(N2CCCC2)n1. The lowest BCUT2D eigenvalue weighted by molar-refractivity contribution is 0.340. The quantitative estimate of drug-likeness (QED) is 0.583. The molecule has 8 nitrogen and oxygen atoms in total. The Morgan fingerprint density at radius 1 is 0.964 bits per heavy atom. The van der Waals surface area contributed by atoms with Gasteiger partial charge in [0, 0.05) is 31.7 Å². The molecule has 1 N–H and O–H groups in total. The highest BCUT2D eigenvalue weighted by molar-refractivity contribution is 5.83.